The Bertz CT molecular complexity index is 814. The van der Waals surface area contributed by atoms with Gasteiger partial charge in [-0.15, -0.1) is 0 Å². The molecule has 0 aliphatic heterocycles. The van der Waals surface area contributed by atoms with Crippen molar-refractivity contribution in [3.05, 3.63) is 23.3 Å². The van der Waals surface area contributed by atoms with Crippen LogP contribution in [0.1, 0.15) is 22.1 Å². The van der Waals surface area contributed by atoms with Crippen molar-refractivity contribution in [2.45, 2.75) is 9.79 Å². The second kappa shape index (κ2) is 6.39. The van der Waals surface area contributed by atoms with Crippen LogP contribution in [0.2, 0.25) is 0 Å². The summed E-state index contributed by atoms with van der Waals surface area (Å²) in [5.41, 5.74) is -2.55. The van der Waals surface area contributed by atoms with Gasteiger partial charge in [-0.25, -0.2) is 9.59 Å². The zero-order chi connectivity index (χ0) is 15.9. The van der Waals surface area contributed by atoms with Crippen molar-refractivity contribution in [3.63, 3.8) is 0 Å². The number of aromatic carboxylic acids is 2. The van der Waals surface area contributed by atoms with Gasteiger partial charge in [-0.3, -0.25) is 9.11 Å². The number of carboxylic acids is 2. The van der Waals surface area contributed by atoms with Crippen molar-refractivity contribution in [2.75, 3.05) is 0 Å². The van der Waals surface area contributed by atoms with Gasteiger partial charge in [0, 0.05) is 0 Å². The molecule has 0 saturated carbocycles. The molecule has 1 aromatic rings. The first-order valence-corrected chi connectivity index (χ1v) is 7.33. The smallest absolute Gasteiger partial charge is 1.00 e. The molecule has 1 aromatic carbocycles. The predicted octanol–water partition coefficient (Wildman–Crippen LogP) is -3.31. The molecule has 0 aliphatic rings. The van der Waals surface area contributed by atoms with Crippen molar-refractivity contribution in [1.82, 2.24) is 0 Å². The van der Waals surface area contributed by atoms with E-state index in [9.17, 15) is 26.4 Å². The third-order valence-corrected chi connectivity index (χ3v) is 3.80. The number of rotatable bonds is 4. The first-order valence-electron chi connectivity index (χ1n) is 4.45. The van der Waals surface area contributed by atoms with E-state index in [0.29, 0.717) is 0 Å². The van der Waals surface area contributed by atoms with Gasteiger partial charge in [0.1, 0.15) is 4.90 Å². The maximum atomic E-state index is 11.0. The summed E-state index contributed by atoms with van der Waals surface area (Å²) in [7, 11) is -10.3. The Morgan fingerprint density at radius 2 is 1.38 bits per heavy atom. The molecule has 0 aliphatic carbocycles. The van der Waals surface area contributed by atoms with Crippen LogP contribution < -0.4 is 29.6 Å². The second-order valence-electron chi connectivity index (χ2n) is 3.40. The standard InChI is InChI=1S/C8H6O10S2.Na.H/c9-7(10)4-1-3(19(13,14)15)2-5(20(16,17)18)6(4)8(11)12;;/h1-2H,(H,9,10)(H,11,12)(H,13,14,15)(H,16,17,18);;/q;+1;-1. The monoisotopic (exact) mass is 350 g/mol. The van der Waals surface area contributed by atoms with Gasteiger partial charge in [0.2, 0.25) is 0 Å². The van der Waals surface area contributed by atoms with Crippen LogP contribution in [0.4, 0.5) is 0 Å². The summed E-state index contributed by atoms with van der Waals surface area (Å²) in [5.74, 6) is -3.98. The van der Waals surface area contributed by atoms with Crippen LogP contribution in [0.3, 0.4) is 0 Å². The summed E-state index contributed by atoms with van der Waals surface area (Å²) in [6, 6.07) is 0.399. The summed E-state index contributed by atoms with van der Waals surface area (Å²) < 4.78 is 61.5. The van der Waals surface area contributed by atoms with Gasteiger partial charge in [-0.1, -0.05) is 0 Å². The topological polar surface area (TPSA) is 183 Å². The van der Waals surface area contributed by atoms with E-state index in [1.54, 1.807) is 0 Å². The minimum Gasteiger partial charge on any atom is -1.00 e. The fourth-order valence-electron chi connectivity index (χ4n) is 1.33. The quantitative estimate of drug-likeness (QED) is 0.317. The van der Waals surface area contributed by atoms with Gasteiger partial charge in [-0.2, -0.15) is 16.8 Å². The van der Waals surface area contributed by atoms with Crippen molar-refractivity contribution >= 4 is 32.2 Å². The maximum absolute atomic E-state index is 11.0. The number of hydrogen-bond donors (Lipinski definition) is 4. The molecule has 1 rings (SSSR count). The molecule has 0 fully saturated rings. The van der Waals surface area contributed by atoms with Crippen molar-refractivity contribution in [2.24, 2.45) is 0 Å². The average Bonchev–Trinajstić information content (AvgIpc) is 2.24. The molecule has 10 nitrogen and oxygen atoms in total. The number of carbonyl (C=O) groups is 2. The Labute approximate surface area is 141 Å². The SMILES string of the molecule is O=C(O)c1cc(S(=O)(=O)O)cc(S(=O)(=O)O)c1C(=O)O.[H-].[Na+]. The zero-order valence-corrected chi connectivity index (χ0v) is 13.8. The van der Waals surface area contributed by atoms with Gasteiger partial charge in [0.05, 0.1) is 16.0 Å². The number of benzene rings is 1. The molecular weight excluding hydrogens is 343 g/mol. The van der Waals surface area contributed by atoms with Crippen LogP contribution in [0.25, 0.3) is 0 Å². The van der Waals surface area contributed by atoms with Gasteiger partial charge in [0.15, 0.2) is 0 Å². The normalized spacial score (nSPS) is 11.5. The fraction of sp³-hybridized carbons (Fsp3) is 0. The van der Waals surface area contributed by atoms with E-state index in [1.165, 1.54) is 0 Å². The van der Waals surface area contributed by atoms with Crippen LogP contribution in [0, 0.1) is 0 Å². The van der Waals surface area contributed by atoms with Crippen LogP contribution in [-0.4, -0.2) is 48.1 Å². The Morgan fingerprint density at radius 3 is 1.67 bits per heavy atom. The molecule has 0 spiro atoms. The van der Waals surface area contributed by atoms with Crippen molar-refractivity contribution in [3.8, 4) is 0 Å². The molecule has 4 N–H and O–H groups in total. The van der Waals surface area contributed by atoms with Gasteiger partial charge in [-0.05, 0) is 12.1 Å². The van der Waals surface area contributed by atoms with E-state index < -0.39 is 53.1 Å². The summed E-state index contributed by atoms with van der Waals surface area (Å²) in [4.78, 5) is 19.1. The van der Waals surface area contributed by atoms with Crippen LogP contribution >= 0.6 is 0 Å². The molecule has 0 unspecified atom stereocenters. The van der Waals surface area contributed by atoms with E-state index in [0.717, 1.165) is 0 Å². The fourth-order valence-corrected chi connectivity index (χ4v) is 2.67. The first kappa shape index (κ1) is 20.0. The third-order valence-electron chi connectivity index (χ3n) is 2.10. The number of hydrogen-bond acceptors (Lipinski definition) is 6. The average molecular weight is 350 g/mol. The molecule has 0 heterocycles. The molecule has 0 saturated heterocycles. The maximum Gasteiger partial charge on any atom is 1.00 e. The third kappa shape index (κ3) is 4.47. The minimum atomic E-state index is -5.24. The molecule has 0 radical (unpaired) electrons. The zero-order valence-electron chi connectivity index (χ0n) is 11.2. The molecule has 0 aromatic heterocycles. The Kier molecular flexibility index (Phi) is 6.08. The summed E-state index contributed by atoms with van der Waals surface area (Å²) in [5, 5.41) is 17.6. The largest absolute Gasteiger partial charge is 1.00 e. The first-order chi connectivity index (χ1) is 8.85. The summed E-state index contributed by atoms with van der Waals surface area (Å²) in [6.45, 7) is 0. The van der Waals surface area contributed by atoms with Crippen LogP contribution in [0.15, 0.2) is 21.9 Å². The molecule has 13 heteroatoms. The van der Waals surface area contributed by atoms with E-state index in [4.69, 9.17) is 19.3 Å². The predicted molar refractivity (Wildman–Crippen MR) is 61.1 cm³/mol. The van der Waals surface area contributed by atoms with Gasteiger partial charge < -0.3 is 11.6 Å². The van der Waals surface area contributed by atoms with Crippen LogP contribution in [0.5, 0.6) is 0 Å². The van der Waals surface area contributed by atoms with Crippen molar-refractivity contribution in [1.29, 1.82) is 0 Å². The Morgan fingerprint density at radius 1 is 0.905 bits per heavy atom. The molecular formula is C8H7NaO10S2. The van der Waals surface area contributed by atoms with Gasteiger partial charge in [0.25, 0.3) is 20.2 Å². The molecule has 0 atom stereocenters. The van der Waals surface area contributed by atoms with Crippen molar-refractivity contribution < 1.29 is 76.7 Å². The minimum absolute atomic E-state index is 0. The molecule has 0 amide bonds. The van der Waals surface area contributed by atoms with E-state index in [2.05, 4.69) is 0 Å². The van der Waals surface area contributed by atoms with E-state index >= 15 is 0 Å². The second-order valence-corrected chi connectivity index (χ2v) is 6.22. The molecule has 21 heavy (non-hydrogen) atoms. The summed E-state index contributed by atoms with van der Waals surface area (Å²) >= 11 is 0. The number of carboxylic acid groups (broad SMARTS) is 2. The molecule has 112 valence electrons. The van der Waals surface area contributed by atoms with Crippen LogP contribution in [-0.2, 0) is 20.2 Å². The van der Waals surface area contributed by atoms with E-state index in [-0.39, 0.29) is 43.1 Å². The van der Waals surface area contributed by atoms with Gasteiger partial charge >= 0.3 is 41.5 Å². The Balaban J connectivity index is 0. The molecule has 0 bridgehead atoms. The Hall–Kier alpha value is -1.02. The summed E-state index contributed by atoms with van der Waals surface area (Å²) in [6.07, 6.45) is 0. The van der Waals surface area contributed by atoms with E-state index in [1.807, 2.05) is 0 Å².